The van der Waals surface area contributed by atoms with E-state index in [9.17, 15) is 9.18 Å². The number of benzene rings is 1. The zero-order valence-electron chi connectivity index (χ0n) is 19.7. The van der Waals surface area contributed by atoms with Crippen LogP contribution in [-0.2, 0) is 5.67 Å². The van der Waals surface area contributed by atoms with Crippen molar-refractivity contribution in [3.05, 3.63) is 77.5 Å². The lowest BCUT2D eigenvalue weighted by molar-refractivity contribution is 0.102. The number of nitrogens with zero attached hydrogens (tertiary/aromatic N) is 5. The fraction of sp³-hybridized carbons (Fsp3) is 0.240. The first-order valence-electron chi connectivity index (χ1n) is 10.8. The minimum absolute atomic E-state index is 0.284. The van der Waals surface area contributed by atoms with Crippen molar-refractivity contribution in [2.24, 2.45) is 0 Å². The third kappa shape index (κ3) is 4.78. The van der Waals surface area contributed by atoms with Crippen molar-refractivity contribution in [3.8, 4) is 17.1 Å². The number of pyridine rings is 1. The number of carbonyl (C=O) groups is 1. The van der Waals surface area contributed by atoms with Gasteiger partial charge in [-0.05, 0) is 57.5 Å². The van der Waals surface area contributed by atoms with Crippen molar-refractivity contribution in [3.63, 3.8) is 0 Å². The quantitative estimate of drug-likeness (QED) is 0.428. The third-order valence-electron chi connectivity index (χ3n) is 5.42. The van der Waals surface area contributed by atoms with Crippen molar-refractivity contribution in [1.82, 2.24) is 24.7 Å². The van der Waals surface area contributed by atoms with Crippen LogP contribution in [0.15, 0.2) is 55.1 Å². The summed E-state index contributed by atoms with van der Waals surface area (Å²) in [5.41, 5.74) is 3.18. The van der Waals surface area contributed by atoms with Crippen LogP contribution in [0.1, 0.15) is 41.0 Å². The van der Waals surface area contributed by atoms with Gasteiger partial charge < -0.3 is 10.6 Å². The lowest BCUT2D eigenvalue weighted by atomic mass is 10.0. The second-order valence-electron chi connectivity index (χ2n) is 8.51. The molecule has 174 valence electrons. The summed E-state index contributed by atoms with van der Waals surface area (Å²) in [5, 5.41) is 10.5. The summed E-state index contributed by atoms with van der Waals surface area (Å²) in [5.74, 6) is 0.926. The van der Waals surface area contributed by atoms with E-state index in [1.165, 1.54) is 38.6 Å². The summed E-state index contributed by atoms with van der Waals surface area (Å²) in [6.07, 6.45) is 4.33. The Labute approximate surface area is 197 Å². The Balaban J connectivity index is 1.69. The minimum Gasteiger partial charge on any atom is -0.373 e. The van der Waals surface area contributed by atoms with Gasteiger partial charge in [-0.15, -0.1) is 0 Å². The Morgan fingerprint density at radius 1 is 1.06 bits per heavy atom. The molecule has 4 aromatic rings. The number of aromatic nitrogens is 5. The molecular weight excluding hydrogens is 433 g/mol. The molecule has 0 spiro atoms. The smallest absolute Gasteiger partial charge is 0.257 e. The maximum atomic E-state index is 14.3. The fourth-order valence-electron chi connectivity index (χ4n) is 3.53. The van der Waals surface area contributed by atoms with Crippen LogP contribution in [0.4, 0.5) is 15.9 Å². The average Bonchev–Trinajstić information content (AvgIpc) is 3.21. The van der Waals surface area contributed by atoms with E-state index in [1.54, 1.807) is 11.7 Å². The molecule has 0 fully saturated rings. The van der Waals surface area contributed by atoms with Crippen LogP contribution < -0.4 is 10.6 Å². The van der Waals surface area contributed by atoms with Crippen LogP contribution in [0, 0.1) is 13.8 Å². The van der Waals surface area contributed by atoms with Gasteiger partial charge in [0.25, 0.3) is 5.91 Å². The van der Waals surface area contributed by atoms with Crippen LogP contribution in [-0.4, -0.2) is 37.7 Å². The molecule has 0 aliphatic rings. The van der Waals surface area contributed by atoms with E-state index >= 15 is 0 Å². The monoisotopic (exact) mass is 459 g/mol. The molecule has 0 aliphatic heterocycles. The molecule has 2 N–H and O–H groups in total. The second kappa shape index (κ2) is 9.01. The predicted molar refractivity (Wildman–Crippen MR) is 130 cm³/mol. The maximum absolute atomic E-state index is 14.3. The van der Waals surface area contributed by atoms with E-state index < -0.39 is 5.67 Å². The first kappa shape index (κ1) is 23.0. The molecule has 0 saturated carbocycles. The molecule has 8 nitrogen and oxygen atoms in total. The number of aryl methyl sites for hydroxylation is 2. The van der Waals surface area contributed by atoms with Crippen molar-refractivity contribution < 1.29 is 9.18 Å². The molecule has 0 radical (unpaired) electrons. The molecule has 3 aromatic heterocycles. The zero-order chi connectivity index (χ0) is 24.5. The van der Waals surface area contributed by atoms with Gasteiger partial charge in [0.2, 0.25) is 0 Å². The number of amides is 1. The maximum Gasteiger partial charge on any atom is 0.257 e. The molecule has 3 heterocycles. The molecule has 9 heteroatoms. The van der Waals surface area contributed by atoms with Crippen LogP contribution in [0.25, 0.3) is 17.1 Å². The number of carbonyl (C=O) groups excluding carboxylic acids is 1. The molecule has 0 atom stereocenters. The van der Waals surface area contributed by atoms with Gasteiger partial charge in [0.15, 0.2) is 5.82 Å². The molecule has 0 saturated heterocycles. The van der Waals surface area contributed by atoms with E-state index in [0.717, 1.165) is 22.5 Å². The normalized spacial score (nSPS) is 11.4. The first-order valence-corrected chi connectivity index (χ1v) is 10.8. The Bertz CT molecular complexity index is 1360. The molecule has 4 rings (SSSR count). The Morgan fingerprint density at radius 3 is 2.59 bits per heavy atom. The average molecular weight is 460 g/mol. The fourth-order valence-corrected chi connectivity index (χ4v) is 3.53. The van der Waals surface area contributed by atoms with Crippen LogP contribution in [0.3, 0.4) is 0 Å². The number of anilines is 2. The standard InChI is InChI=1S/C25H26FN7O/c1-15-6-7-19(31-24(34)17-9-18(13-28-12-17)25(3,4)26)10-20(15)21-8-16(2)32-33(21)23-11-22(27-5)29-14-30-23/h6-14H,1-5H3,(H,31,34)(H,27,29,30). The molecule has 0 bridgehead atoms. The van der Waals surface area contributed by atoms with Gasteiger partial charge in [0.05, 0.1) is 17.0 Å². The van der Waals surface area contributed by atoms with Crippen LogP contribution >= 0.6 is 0 Å². The minimum atomic E-state index is -1.59. The molecule has 1 amide bonds. The van der Waals surface area contributed by atoms with E-state index in [4.69, 9.17) is 0 Å². The van der Waals surface area contributed by atoms with E-state index in [-0.39, 0.29) is 11.5 Å². The molecule has 1 aromatic carbocycles. The lowest BCUT2D eigenvalue weighted by Gasteiger charge is -2.15. The number of alkyl halides is 1. The first-order chi connectivity index (χ1) is 16.2. The Morgan fingerprint density at radius 2 is 1.85 bits per heavy atom. The number of halogens is 1. The number of hydrogen-bond donors (Lipinski definition) is 2. The van der Waals surface area contributed by atoms with Gasteiger partial charge in [-0.1, -0.05) is 6.07 Å². The Kier molecular flexibility index (Phi) is 6.10. The second-order valence-corrected chi connectivity index (χ2v) is 8.51. The predicted octanol–water partition coefficient (Wildman–Crippen LogP) is 4.84. The van der Waals surface area contributed by atoms with Gasteiger partial charge in [0.1, 0.15) is 17.8 Å². The summed E-state index contributed by atoms with van der Waals surface area (Å²) in [6.45, 7) is 6.76. The summed E-state index contributed by atoms with van der Waals surface area (Å²) >= 11 is 0. The Hall–Kier alpha value is -4.14. The largest absolute Gasteiger partial charge is 0.373 e. The van der Waals surface area contributed by atoms with Crippen LogP contribution in [0.5, 0.6) is 0 Å². The highest BCUT2D eigenvalue weighted by Crippen LogP contribution is 2.30. The van der Waals surface area contributed by atoms with Crippen molar-refractivity contribution in [1.29, 1.82) is 0 Å². The highest BCUT2D eigenvalue weighted by molar-refractivity contribution is 6.04. The lowest BCUT2D eigenvalue weighted by Crippen LogP contribution is -2.15. The SMILES string of the molecule is CNc1cc(-n2nc(C)cc2-c2cc(NC(=O)c3cncc(C(C)(C)F)c3)ccc2C)ncn1. The highest BCUT2D eigenvalue weighted by Gasteiger charge is 2.21. The van der Waals surface area contributed by atoms with Gasteiger partial charge >= 0.3 is 0 Å². The number of nitrogens with one attached hydrogen (secondary N) is 2. The van der Waals surface area contributed by atoms with Gasteiger partial charge in [-0.2, -0.15) is 5.10 Å². The molecular formula is C25H26FN7O. The van der Waals surface area contributed by atoms with E-state index in [2.05, 4.69) is 30.7 Å². The van der Waals surface area contributed by atoms with Gasteiger partial charge in [-0.25, -0.2) is 19.0 Å². The van der Waals surface area contributed by atoms with E-state index in [0.29, 0.717) is 22.9 Å². The summed E-state index contributed by atoms with van der Waals surface area (Å²) < 4.78 is 16.1. The summed E-state index contributed by atoms with van der Waals surface area (Å²) in [4.78, 5) is 25.4. The summed E-state index contributed by atoms with van der Waals surface area (Å²) in [7, 11) is 1.79. The van der Waals surface area contributed by atoms with Gasteiger partial charge in [0, 0.05) is 42.3 Å². The number of rotatable bonds is 6. The zero-order valence-corrected chi connectivity index (χ0v) is 19.7. The molecule has 0 aliphatic carbocycles. The summed E-state index contributed by atoms with van der Waals surface area (Å²) in [6, 6.07) is 10.9. The number of hydrogen-bond acceptors (Lipinski definition) is 6. The van der Waals surface area contributed by atoms with E-state index in [1.807, 2.05) is 44.2 Å². The van der Waals surface area contributed by atoms with Crippen molar-refractivity contribution in [2.75, 3.05) is 17.7 Å². The van der Waals surface area contributed by atoms with Crippen molar-refractivity contribution >= 4 is 17.4 Å². The molecule has 34 heavy (non-hydrogen) atoms. The topological polar surface area (TPSA) is 97.6 Å². The van der Waals surface area contributed by atoms with Crippen LogP contribution in [0.2, 0.25) is 0 Å². The van der Waals surface area contributed by atoms with Crippen molar-refractivity contribution in [2.45, 2.75) is 33.4 Å². The highest BCUT2D eigenvalue weighted by atomic mass is 19.1. The molecule has 0 unspecified atom stereocenters. The van der Waals surface area contributed by atoms with Gasteiger partial charge in [-0.3, -0.25) is 9.78 Å². The third-order valence-corrected chi connectivity index (χ3v) is 5.42.